The molecule has 3 nitrogen and oxygen atoms in total. The summed E-state index contributed by atoms with van der Waals surface area (Å²) in [7, 11) is 0. The summed E-state index contributed by atoms with van der Waals surface area (Å²) >= 11 is 0. The topological polar surface area (TPSA) is 18.5 Å². The van der Waals surface area contributed by atoms with E-state index in [0.29, 0.717) is 12.1 Å². The van der Waals surface area contributed by atoms with E-state index in [1.165, 1.54) is 31.5 Å². The van der Waals surface area contributed by atoms with E-state index in [0.717, 1.165) is 38.5 Å². The van der Waals surface area contributed by atoms with Gasteiger partial charge in [-0.1, -0.05) is 26.0 Å². The second-order valence-electron chi connectivity index (χ2n) is 7.58. The van der Waals surface area contributed by atoms with Crippen LogP contribution in [0.25, 0.3) is 0 Å². The number of piperazine rings is 1. The average molecular weight is 333 g/mol. The maximum absolute atomic E-state index is 13.4. The Hall–Kier alpha value is -0.970. The standard InChI is InChI=1S/C20H32FN3/c1-3-19-13-22-10-12-24(19)20(17-6-8-18(21)9-7-17)15-23-11-4-5-16(2)14-23/h6-9,16,19-20,22H,3-5,10-15H2,1-2H3. The van der Waals surface area contributed by atoms with Crippen LogP contribution in [0.15, 0.2) is 24.3 Å². The molecule has 1 aromatic rings. The number of rotatable bonds is 5. The lowest BCUT2D eigenvalue weighted by Gasteiger charge is -2.44. The van der Waals surface area contributed by atoms with Crippen LogP contribution in [-0.4, -0.2) is 55.1 Å². The van der Waals surface area contributed by atoms with Gasteiger partial charge in [-0.2, -0.15) is 0 Å². The molecule has 1 aromatic carbocycles. The van der Waals surface area contributed by atoms with E-state index < -0.39 is 0 Å². The maximum atomic E-state index is 13.4. The highest BCUT2D eigenvalue weighted by atomic mass is 19.1. The maximum Gasteiger partial charge on any atom is 0.123 e. The first-order valence-electron chi connectivity index (χ1n) is 9.61. The van der Waals surface area contributed by atoms with Gasteiger partial charge >= 0.3 is 0 Å². The van der Waals surface area contributed by atoms with E-state index >= 15 is 0 Å². The van der Waals surface area contributed by atoms with Crippen LogP contribution in [0.4, 0.5) is 4.39 Å². The van der Waals surface area contributed by atoms with E-state index in [-0.39, 0.29) is 5.82 Å². The molecular formula is C20H32FN3. The van der Waals surface area contributed by atoms with Crippen molar-refractivity contribution in [3.63, 3.8) is 0 Å². The Morgan fingerprint density at radius 2 is 2.04 bits per heavy atom. The normalized spacial score (nSPS) is 28.0. The van der Waals surface area contributed by atoms with Crippen molar-refractivity contribution < 1.29 is 4.39 Å². The van der Waals surface area contributed by atoms with E-state index in [2.05, 4.69) is 29.0 Å². The largest absolute Gasteiger partial charge is 0.314 e. The van der Waals surface area contributed by atoms with Gasteiger partial charge in [-0.3, -0.25) is 4.90 Å². The smallest absolute Gasteiger partial charge is 0.123 e. The Morgan fingerprint density at radius 1 is 1.25 bits per heavy atom. The third kappa shape index (κ3) is 4.35. The number of hydrogen-bond acceptors (Lipinski definition) is 3. The zero-order valence-electron chi connectivity index (χ0n) is 15.2. The summed E-state index contributed by atoms with van der Waals surface area (Å²) < 4.78 is 13.4. The predicted octanol–water partition coefficient (Wildman–Crippen LogP) is 3.28. The summed E-state index contributed by atoms with van der Waals surface area (Å²) in [6.07, 6.45) is 3.81. The molecule has 134 valence electrons. The van der Waals surface area contributed by atoms with Crippen LogP contribution < -0.4 is 5.32 Å². The molecule has 2 fully saturated rings. The fraction of sp³-hybridized carbons (Fsp3) is 0.700. The summed E-state index contributed by atoms with van der Waals surface area (Å²) in [4.78, 5) is 5.28. The molecule has 3 atom stereocenters. The molecule has 2 aliphatic heterocycles. The van der Waals surface area contributed by atoms with Crippen LogP contribution in [0.2, 0.25) is 0 Å². The summed E-state index contributed by atoms with van der Waals surface area (Å²) in [6, 6.07) is 8.14. The molecule has 2 aliphatic rings. The Morgan fingerprint density at radius 3 is 2.75 bits per heavy atom. The summed E-state index contributed by atoms with van der Waals surface area (Å²) in [5.74, 6) is 0.647. The molecule has 0 saturated carbocycles. The number of nitrogens with zero attached hydrogens (tertiary/aromatic N) is 2. The molecule has 2 heterocycles. The van der Waals surface area contributed by atoms with Crippen LogP contribution in [0.1, 0.15) is 44.7 Å². The molecule has 0 radical (unpaired) electrons. The fourth-order valence-electron chi connectivity index (χ4n) is 4.35. The van der Waals surface area contributed by atoms with Crippen molar-refractivity contribution in [2.45, 2.75) is 45.2 Å². The van der Waals surface area contributed by atoms with Gasteiger partial charge in [0.15, 0.2) is 0 Å². The Labute approximate surface area is 146 Å². The first-order valence-corrected chi connectivity index (χ1v) is 9.61. The van der Waals surface area contributed by atoms with Gasteiger partial charge in [0.2, 0.25) is 0 Å². The number of halogens is 1. The second-order valence-corrected chi connectivity index (χ2v) is 7.58. The first-order chi connectivity index (χ1) is 11.7. The Bertz CT molecular complexity index is 504. The Kier molecular flexibility index (Phi) is 6.25. The van der Waals surface area contributed by atoms with Gasteiger partial charge in [-0.25, -0.2) is 4.39 Å². The quantitative estimate of drug-likeness (QED) is 0.892. The molecular weight excluding hydrogens is 301 g/mol. The third-order valence-electron chi connectivity index (χ3n) is 5.69. The minimum atomic E-state index is -0.142. The van der Waals surface area contributed by atoms with Crippen molar-refractivity contribution in [1.82, 2.24) is 15.1 Å². The van der Waals surface area contributed by atoms with Crippen molar-refractivity contribution in [3.05, 3.63) is 35.6 Å². The second kappa shape index (κ2) is 8.41. The highest BCUT2D eigenvalue weighted by Gasteiger charge is 2.31. The first kappa shape index (κ1) is 17.8. The van der Waals surface area contributed by atoms with E-state index in [4.69, 9.17) is 0 Å². The van der Waals surface area contributed by atoms with E-state index in [1.54, 1.807) is 12.1 Å². The van der Waals surface area contributed by atoms with E-state index in [1.807, 2.05) is 12.1 Å². The molecule has 0 amide bonds. The molecule has 0 bridgehead atoms. The van der Waals surface area contributed by atoms with Gasteiger partial charge in [-0.05, 0) is 49.4 Å². The zero-order valence-corrected chi connectivity index (χ0v) is 15.2. The highest BCUT2D eigenvalue weighted by Crippen LogP contribution is 2.28. The zero-order chi connectivity index (χ0) is 16.9. The molecule has 0 spiro atoms. The van der Waals surface area contributed by atoms with Crippen molar-refractivity contribution in [2.24, 2.45) is 5.92 Å². The van der Waals surface area contributed by atoms with Crippen LogP contribution in [-0.2, 0) is 0 Å². The number of likely N-dealkylation sites (tertiary alicyclic amines) is 1. The van der Waals surface area contributed by atoms with Gasteiger partial charge < -0.3 is 10.2 Å². The van der Waals surface area contributed by atoms with Crippen LogP contribution in [0.5, 0.6) is 0 Å². The average Bonchev–Trinajstić information content (AvgIpc) is 2.61. The SMILES string of the molecule is CCC1CNCCN1C(CN1CCCC(C)C1)c1ccc(F)cc1. The van der Waals surface area contributed by atoms with E-state index in [9.17, 15) is 4.39 Å². The highest BCUT2D eigenvalue weighted by molar-refractivity contribution is 5.21. The number of benzene rings is 1. The molecule has 2 saturated heterocycles. The molecule has 1 N–H and O–H groups in total. The van der Waals surface area contributed by atoms with Gasteiger partial charge in [0, 0.05) is 44.8 Å². The number of piperidine rings is 1. The minimum absolute atomic E-state index is 0.142. The van der Waals surface area contributed by atoms with Gasteiger partial charge in [-0.15, -0.1) is 0 Å². The van der Waals surface area contributed by atoms with Crippen LogP contribution in [0.3, 0.4) is 0 Å². The number of nitrogens with one attached hydrogen (secondary N) is 1. The van der Waals surface area contributed by atoms with Gasteiger partial charge in [0.05, 0.1) is 0 Å². The molecule has 3 unspecified atom stereocenters. The van der Waals surface area contributed by atoms with Crippen LogP contribution in [0, 0.1) is 11.7 Å². The van der Waals surface area contributed by atoms with Crippen LogP contribution >= 0.6 is 0 Å². The monoisotopic (exact) mass is 333 g/mol. The minimum Gasteiger partial charge on any atom is -0.314 e. The lowest BCUT2D eigenvalue weighted by atomic mass is 9.96. The fourth-order valence-corrected chi connectivity index (χ4v) is 4.35. The third-order valence-corrected chi connectivity index (χ3v) is 5.69. The summed E-state index contributed by atoms with van der Waals surface area (Å²) in [5.41, 5.74) is 1.26. The van der Waals surface area contributed by atoms with Crippen molar-refractivity contribution in [3.8, 4) is 0 Å². The molecule has 4 heteroatoms. The van der Waals surface area contributed by atoms with Crippen molar-refractivity contribution in [2.75, 3.05) is 39.3 Å². The predicted molar refractivity (Wildman–Crippen MR) is 97.6 cm³/mol. The molecule has 0 aliphatic carbocycles. The molecule has 24 heavy (non-hydrogen) atoms. The summed E-state index contributed by atoms with van der Waals surface area (Å²) in [6.45, 7) is 11.3. The number of hydrogen-bond donors (Lipinski definition) is 1. The lowest BCUT2D eigenvalue weighted by Crippen LogP contribution is -2.54. The van der Waals surface area contributed by atoms with Gasteiger partial charge in [0.1, 0.15) is 5.82 Å². The lowest BCUT2D eigenvalue weighted by molar-refractivity contribution is 0.0618. The van der Waals surface area contributed by atoms with Crippen molar-refractivity contribution >= 4 is 0 Å². The summed E-state index contributed by atoms with van der Waals surface area (Å²) in [5, 5.41) is 3.53. The van der Waals surface area contributed by atoms with Crippen molar-refractivity contribution in [1.29, 1.82) is 0 Å². The molecule has 0 aromatic heterocycles. The van der Waals surface area contributed by atoms with Gasteiger partial charge in [0.25, 0.3) is 0 Å². The Balaban J connectivity index is 1.80. The molecule has 3 rings (SSSR count).